The lowest BCUT2D eigenvalue weighted by Crippen LogP contribution is -2.23. The number of hydrogen-bond donors (Lipinski definition) is 2. The van der Waals surface area contributed by atoms with E-state index in [-0.39, 0.29) is 5.91 Å². The van der Waals surface area contributed by atoms with Gasteiger partial charge in [-0.15, -0.1) is 0 Å². The van der Waals surface area contributed by atoms with Gasteiger partial charge in [0.25, 0.3) is 5.91 Å². The maximum Gasteiger partial charge on any atom is 0.253 e. The summed E-state index contributed by atoms with van der Waals surface area (Å²) in [5, 5.41) is 3.95. The molecule has 4 aromatic rings. The highest BCUT2D eigenvalue weighted by atomic mass is 16.1. The van der Waals surface area contributed by atoms with Gasteiger partial charge in [0.15, 0.2) is 0 Å². The van der Waals surface area contributed by atoms with Crippen LogP contribution in [0.25, 0.3) is 21.9 Å². The van der Waals surface area contributed by atoms with Gasteiger partial charge in [-0.2, -0.15) is 0 Å². The van der Waals surface area contributed by atoms with E-state index in [2.05, 4.69) is 33.7 Å². The normalized spacial score (nSPS) is 11.5. The number of fused-ring (bicyclic) bond motifs is 2. The first kappa shape index (κ1) is 15.4. The van der Waals surface area contributed by atoms with Crippen LogP contribution in [0.4, 0.5) is 0 Å². The van der Waals surface area contributed by atoms with Crippen molar-refractivity contribution in [3.63, 3.8) is 0 Å². The van der Waals surface area contributed by atoms with Crippen molar-refractivity contribution in [2.75, 3.05) is 0 Å². The molecule has 0 aliphatic heterocycles. The van der Waals surface area contributed by atoms with Gasteiger partial charge in [-0.05, 0) is 32.0 Å². The van der Waals surface area contributed by atoms with Gasteiger partial charge in [-0.3, -0.25) is 4.79 Å². The van der Waals surface area contributed by atoms with Crippen LogP contribution in [-0.2, 0) is 6.54 Å². The van der Waals surface area contributed by atoms with E-state index in [1.54, 1.807) is 0 Å². The summed E-state index contributed by atoms with van der Waals surface area (Å²) in [6, 6.07) is 16.1. The second kappa shape index (κ2) is 6.09. The van der Waals surface area contributed by atoms with Crippen LogP contribution < -0.4 is 5.32 Å². The van der Waals surface area contributed by atoms with Gasteiger partial charge in [-0.1, -0.05) is 30.3 Å². The summed E-state index contributed by atoms with van der Waals surface area (Å²) in [7, 11) is 0. The molecule has 0 atom stereocenters. The molecule has 5 heteroatoms. The van der Waals surface area contributed by atoms with E-state index in [4.69, 9.17) is 0 Å². The van der Waals surface area contributed by atoms with E-state index in [0.29, 0.717) is 18.2 Å². The molecule has 0 radical (unpaired) electrons. The van der Waals surface area contributed by atoms with Crippen LogP contribution in [0.2, 0.25) is 0 Å². The van der Waals surface area contributed by atoms with Gasteiger partial charge in [0, 0.05) is 23.1 Å². The lowest BCUT2D eigenvalue weighted by molar-refractivity contribution is 0.0951. The Kier molecular flexibility index (Phi) is 3.76. The molecule has 2 N–H and O–H groups in total. The maximum absolute atomic E-state index is 12.7. The van der Waals surface area contributed by atoms with Gasteiger partial charge in [-0.25, -0.2) is 4.98 Å². The summed E-state index contributed by atoms with van der Waals surface area (Å²) in [6.07, 6.45) is 1.93. The number of hydrogen-bond acceptors (Lipinski definition) is 2. The molecule has 0 unspecified atom stereocenters. The smallest absolute Gasteiger partial charge is 0.253 e. The van der Waals surface area contributed by atoms with Gasteiger partial charge in [0.2, 0.25) is 0 Å². The first-order valence-electron chi connectivity index (χ1n) is 8.45. The predicted molar refractivity (Wildman–Crippen MR) is 99.6 cm³/mol. The molecule has 0 bridgehead atoms. The van der Waals surface area contributed by atoms with Gasteiger partial charge in [0.05, 0.1) is 23.1 Å². The van der Waals surface area contributed by atoms with E-state index in [1.807, 2.05) is 54.7 Å². The minimum absolute atomic E-state index is 0.0870. The topological polar surface area (TPSA) is 62.7 Å². The van der Waals surface area contributed by atoms with Crippen LogP contribution in [0.1, 0.15) is 36.1 Å². The minimum Gasteiger partial charge on any atom is -0.345 e. The zero-order valence-corrected chi connectivity index (χ0v) is 14.3. The summed E-state index contributed by atoms with van der Waals surface area (Å²) < 4.78 is 2.13. The third-order valence-corrected chi connectivity index (χ3v) is 4.40. The minimum atomic E-state index is -0.0870. The van der Waals surface area contributed by atoms with Crippen molar-refractivity contribution >= 4 is 27.8 Å². The summed E-state index contributed by atoms with van der Waals surface area (Å²) in [4.78, 5) is 20.4. The molecule has 25 heavy (non-hydrogen) atoms. The lowest BCUT2D eigenvalue weighted by Gasteiger charge is -2.08. The summed E-state index contributed by atoms with van der Waals surface area (Å²) in [5.74, 6) is 0.665. The fourth-order valence-electron chi connectivity index (χ4n) is 3.16. The second-order valence-corrected chi connectivity index (χ2v) is 6.44. The largest absolute Gasteiger partial charge is 0.345 e. The van der Waals surface area contributed by atoms with Crippen LogP contribution in [0, 0.1) is 0 Å². The van der Waals surface area contributed by atoms with E-state index >= 15 is 0 Å². The fourth-order valence-corrected chi connectivity index (χ4v) is 3.16. The quantitative estimate of drug-likeness (QED) is 0.593. The zero-order chi connectivity index (χ0) is 17.4. The number of nitrogens with zero attached hydrogens (tertiary/aromatic N) is 2. The Balaban J connectivity index is 1.59. The Morgan fingerprint density at radius 1 is 1.16 bits per heavy atom. The molecule has 4 rings (SSSR count). The molecular formula is C20H20N4O. The number of benzene rings is 2. The van der Waals surface area contributed by atoms with Crippen molar-refractivity contribution in [2.24, 2.45) is 0 Å². The van der Waals surface area contributed by atoms with E-state index in [1.165, 1.54) is 0 Å². The number of carbonyl (C=O) groups is 1. The second-order valence-electron chi connectivity index (χ2n) is 6.44. The molecule has 0 aliphatic rings. The SMILES string of the molecule is CC(C)n1cc(C(=O)NCc2nc3ccccc3[nH]2)c2ccccc21. The number of amides is 1. The fraction of sp³-hybridized carbons (Fsp3) is 0.200. The molecule has 0 saturated carbocycles. The number of rotatable bonds is 4. The van der Waals surface area contributed by atoms with E-state index in [0.717, 1.165) is 27.8 Å². The Labute approximate surface area is 145 Å². The van der Waals surface area contributed by atoms with Crippen molar-refractivity contribution in [3.8, 4) is 0 Å². The van der Waals surface area contributed by atoms with E-state index in [9.17, 15) is 4.79 Å². The molecule has 1 amide bonds. The number of aromatic nitrogens is 3. The van der Waals surface area contributed by atoms with Gasteiger partial charge >= 0.3 is 0 Å². The number of aromatic amines is 1. The van der Waals surface area contributed by atoms with Crippen LogP contribution >= 0.6 is 0 Å². The molecule has 5 nitrogen and oxygen atoms in total. The first-order chi connectivity index (χ1) is 12.1. The molecule has 0 fully saturated rings. The average molecular weight is 332 g/mol. The number of nitrogens with one attached hydrogen (secondary N) is 2. The van der Waals surface area contributed by atoms with Crippen molar-refractivity contribution in [1.82, 2.24) is 19.9 Å². The molecule has 0 aliphatic carbocycles. The lowest BCUT2D eigenvalue weighted by atomic mass is 10.1. The molecule has 126 valence electrons. The summed E-state index contributed by atoms with van der Waals surface area (Å²) in [6.45, 7) is 4.60. The molecular weight excluding hydrogens is 312 g/mol. The molecule has 0 saturated heterocycles. The number of H-pyrrole nitrogens is 1. The third-order valence-electron chi connectivity index (χ3n) is 4.40. The predicted octanol–water partition coefficient (Wildman–Crippen LogP) is 4.03. The Morgan fingerprint density at radius 2 is 1.92 bits per heavy atom. The van der Waals surface area contributed by atoms with Gasteiger partial charge < -0.3 is 14.9 Å². The highest BCUT2D eigenvalue weighted by Crippen LogP contribution is 2.24. The zero-order valence-electron chi connectivity index (χ0n) is 14.3. The van der Waals surface area contributed by atoms with Crippen LogP contribution in [0.15, 0.2) is 54.7 Å². The first-order valence-corrected chi connectivity index (χ1v) is 8.45. The van der Waals surface area contributed by atoms with Gasteiger partial charge in [0.1, 0.15) is 5.82 Å². The standard InChI is InChI=1S/C20H20N4O/c1-13(2)24-12-15(14-7-3-6-10-18(14)24)20(25)21-11-19-22-16-8-4-5-9-17(16)23-19/h3-10,12-13H,11H2,1-2H3,(H,21,25)(H,22,23). The maximum atomic E-state index is 12.7. The Bertz CT molecular complexity index is 1020. The number of carbonyl (C=O) groups excluding carboxylic acids is 1. The Morgan fingerprint density at radius 3 is 2.72 bits per heavy atom. The van der Waals surface area contributed by atoms with Crippen LogP contribution in [0.5, 0.6) is 0 Å². The molecule has 2 heterocycles. The summed E-state index contributed by atoms with van der Waals surface area (Å²) in [5.41, 5.74) is 3.65. The van der Waals surface area contributed by atoms with Crippen molar-refractivity contribution < 1.29 is 4.79 Å². The Hall–Kier alpha value is -3.08. The highest BCUT2D eigenvalue weighted by molar-refractivity contribution is 6.07. The van der Waals surface area contributed by atoms with Crippen molar-refractivity contribution in [2.45, 2.75) is 26.4 Å². The molecule has 0 spiro atoms. The number of para-hydroxylation sites is 3. The third kappa shape index (κ3) is 2.78. The summed E-state index contributed by atoms with van der Waals surface area (Å²) >= 11 is 0. The average Bonchev–Trinajstić information content (AvgIpc) is 3.21. The van der Waals surface area contributed by atoms with E-state index < -0.39 is 0 Å². The van der Waals surface area contributed by atoms with Crippen LogP contribution in [0.3, 0.4) is 0 Å². The van der Waals surface area contributed by atoms with Crippen LogP contribution in [-0.4, -0.2) is 20.4 Å². The van der Waals surface area contributed by atoms with Crippen molar-refractivity contribution in [1.29, 1.82) is 0 Å². The monoisotopic (exact) mass is 332 g/mol. The molecule has 2 aromatic carbocycles. The number of imidazole rings is 1. The molecule has 2 aromatic heterocycles. The highest BCUT2D eigenvalue weighted by Gasteiger charge is 2.16. The van der Waals surface area contributed by atoms with Crippen molar-refractivity contribution in [3.05, 3.63) is 66.1 Å².